The number of rotatable bonds is 3. The molecule has 6 nitrogen and oxygen atoms in total. The van der Waals surface area contributed by atoms with Crippen molar-refractivity contribution >= 4 is 27.3 Å². The number of hydrogen-bond acceptors (Lipinski definition) is 4. The summed E-state index contributed by atoms with van der Waals surface area (Å²) in [6.45, 7) is 2.06. The third kappa shape index (κ3) is 3.09. The molecule has 106 valence electrons. The molecule has 0 spiro atoms. The van der Waals surface area contributed by atoms with Crippen molar-refractivity contribution < 1.29 is 13.2 Å². The largest absolute Gasteiger partial charge is 0.352 e. The molecule has 1 saturated heterocycles. The maximum Gasteiger partial charge on any atom is 0.256 e. The third-order valence-corrected chi connectivity index (χ3v) is 5.53. The number of nitrogens with one attached hydrogen (secondary N) is 1. The van der Waals surface area contributed by atoms with Crippen molar-refractivity contribution in [2.24, 2.45) is 13.0 Å². The fourth-order valence-corrected chi connectivity index (χ4v) is 4.37. The lowest BCUT2D eigenvalue weighted by Crippen LogP contribution is -2.30. The summed E-state index contributed by atoms with van der Waals surface area (Å²) >= 11 is 5.99. The van der Waals surface area contributed by atoms with Crippen molar-refractivity contribution in [3.05, 3.63) is 16.4 Å². The lowest BCUT2D eigenvalue weighted by atomic mass is 10.1. The van der Waals surface area contributed by atoms with Crippen LogP contribution in [0.5, 0.6) is 0 Å². The van der Waals surface area contributed by atoms with Gasteiger partial charge in [-0.1, -0.05) is 11.6 Å². The van der Waals surface area contributed by atoms with Crippen molar-refractivity contribution in [3.63, 3.8) is 0 Å². The Hall–Kier alpha value is -1.08. The maximum atomic E-state index is 12.0. The van der Waals surface area contributed by atoms with E-state index in [-0.39, 0.29) is 28.5 Å². The fraction of sp³-hybridized carbons (Fsp3) is 0.636. The Kier molecular flexibility index (Phi) is 3.87. The third-order valence-electron chi connectivity index (χ3n) is 3.26. The van der Waals surface area contributed by atoms with Crippen molar-refractivity contribution in [2.45, 2.75) is 13.3 Å². The molecule has 2 heterocycles. The predicted molar refractivity (Wildman–Crippen MR) is 72.0 cm³/mol. The first-order valence-electron chi connectivity index (χ1n) is 5.98. The fourth-order valence-electron chi connectivity index (χ4n) is 2.25. The molecule has 19 heavy (non-hydrogen) atoms. The normalized spacial score (nSPS) is 21.5. The Morgan fingerprint density at radius 1 is 1.58 bits per heavy atom. The number of amides is 1. The smallest absolute Gasteiger partial charge is 0.256 e. The molecule has 0 bridgehead atoms. The standard InChI is InChI=1S/C11H16ClN3O3S/c1-7-9(10(12)15(2)14-7)11(16)13-5-8-3-4-19(17,18)6-8/h8H,3-6H2,1-2H3,(H,13,16)/t8-/m0/s1. The molecule has 1 aliphatic heterocycles. The van der Waals surface area contributed by atoms with Gasteiger partial charge in [-0.15, -0.1) is 0 Å². The first kappa shape index (κ1) is 14.3. The van der Waals surface area contributed by atoms with E-state index in [2.05, 4.69) is 10.4 Å². The van der Waals surface area contributed by atoms with Gasteiger partial charge < -0.3 is 5.32 Å². The topological polar surface area (TPSA) is 81.1 Å². The second kappa shape index (κ2) is 5.13. The molecule has 0 aromatic carbocycles. The Labute approximate surface area is 117 Å². The highest BCUT2D eigenvalue weighted by Crippen LogP contribution is 2.20. The molecular formula is C11H16ClN3O3S. The van der Waals surface area contributed by atoms with Crippen LogP contribution in [0.25, 0.3) is 0 Å². The van der Waals surface area contributed by atoms with Gasteiger partial charge in [-0.25, -0.2) is 8.42 Å². The molecule has 1 N–H and O–H groups in total. The summed E-state index contributed by atoms with van der Waals surface area (Å²) in [5.74, 6) is 0.0392. The number of carbonyl (C=O) groups is 1. The molecule has 0 aliphatic carbocycles. The minimum atomic E-state index is -2.91. The maximum absolute atomic E-state index is 12.0. The van der Waals surface area contributed by atoms with Crippen LogP contribution in [0.3, 0.4) is 0 Å². The van der Waals surface area contributed by atoms with Crippen LogP contribution in [-0.2, 0) is 16.9 Å². The molecule has 1 aromatic rings. The molecule has 1 atom stereocenters. The summed E-state index contributed by atoms with van der Waals surface area (Å²) in [6.07, 6.45) is 0.600. The SMILES string of the molecule is Cc1nn(C)c(Cl)c1C(=O)NC[C@@H]1CCS(=O)(=O)C1. The minimum absolute atomic E-state index is 0.00953. The van der Waals surface area contributed by atoms with E-state index < -0.39 is 9.84 Å². The quantitative estimate of drug-likeness (QED) is 0.884. The second-order valence-electron chi connectivity index (χ2n) is 4.85. The van der Waals surface area contributed by atoms with Crippen molar-refractivity contribution in [3.8, 4) is 0 Å². The predicted octanol–water partition coefficient (Wildman–Crippen LogP) is 0.546. The summed E-state index contributed by atoms with van der Waals surface area (Å²) in [4.78, 5) is 12.0. The zero-order valence-corrected chi connectivity index (χ0v) is 12.4. The average molecular weight is 306 g/mol. The Morgan fingerprint density at radius 2 is 2.26 bits per heavy atom. The summed E-state index contributed by atoms with van der Waals surface area (Å²) in [5.41, 5.74) is 0.911. The van der Waals surface area contributed by atoms with Crippen LogP contribution in [0.15, 0.2) is 0 Å². The van der Waals surface area contributed by atoms with Crippen LogP contribution in [0.2, 0.25) is 5.15 Å². The number of carbonyl (C=O) groups excluding carboxylic acids is 1. The lowest BCUT2D eigenvalue weighted by Gasteiger charge is -2.09. The van der Waals surface area contributed by atoms with Crippen LogP contribution < -0.4 is 5.32 Å². The summed E-state index contributed by atoms with van der Waals surface area (Å²) in [7, 11) is -1.25. The first-order valence-corrected chi connectivity index (χ1v) is 8.18. The molecule has 1 aliphatic rings. The van der Waals surface area contributed by atoms with Gasteiger partial charge in [0, 0.05) is 13.6 Å². The van der Waals surface area contributed by atoms with Gasteiger partial charge in [0.1, 0.15) is 5.15 Å². The number of halogens is 1. The molecular weight excluding hydrogens is 290 g/mol. The Morgan fingerprint density at radius 3 is 2.74 bits per heavy atom. The van der Waals surface area contributed by atoms with Gasteiger partial charge in [0.2, 0.25) is 0 Å². The monoisotopic (exact) mass is 305 g/mol. The molecule has 1 amide bonds. The average Bonchev–Trinajstić information content (AvgIpc) is 2.77. The summed E-state index contributed by atoms with van der Waals surface area (Å²) in [6, 6.07) is 0. The second-order valence-corrected chi connectivity index (χ2v) is 7.44. The molecule has 0 unspecified atom stereocenters. The van der Waals surface area contributed by atoms with E-state index in [1.807, 2.05) is 0 Å². The summed E-state index contributed by atoms with van der Waals surface area (Å²) < 4.78 is 24.1. The number of hydrogen-bond donors (Lipinski definition) is 1. The van der Waals surface area contributed by atoms with Crippen LogP contribution in [-0.4, -0.2) is 42.2 Å². The van der Waals surface area contributed by atoms with E-state index in [9.17, 15) is 13.2 Å². The highest BCUT2D eigenvalue weighted by molar-refractivity contribution is 7.91. The van der Waals surface area contributed by atoms with E-state index in [1.54, 1.807) is 14.0 Å². The molecule has 1 fully saturated rings. The van der Waals surface area contributed by atoms with E-state index in [0.29, 0.717) is 24.2 Å². The van der Waals surface area contributed by atoms with Crippen molar-refractivity contribution in [1.82, 2.24) is 15.1 Å². The van der Waals surface area contributed by atoms with Crippen LogP contribution in [0.1, 0.15) is 22.5 Å². The lowest BCUT2D eigenvalue weighted by molar-refractivity contribution is 0.0948. The zero-order valence-electron chi connectivity index (χ0n) is 10.8. The first-order chi connectivity index (χ1) is 8.80. The van der Waals surface area contributed by atoms with Crippen LogP contribution in [0, 0.1) is 12.8 Å². The van der Waals surface area contributed by atoms with Crippen LogP contribution >= 0.6 is 11.6 Å². The van der Waals surface area contributed by atoms with Crippen molar-refractivity contribution in [1.29, 1.82) is 0 Å². The van der Waals surface area contributed by atoms with E-state index in [0.717, 1.165) is 0 Å². The van der Waals surface area contributed by atoms with Gasteiger partial charge in [0.05, 0.1) is 22.8 Å². The Bertz CT molecular complexity index is 609. The molecule has 0 saturated carbocycles. The molecule has 1 aromatic heterocycles. The minimum Gasteiger partial charge on any atom is -0.352 e. The van der Waals surface area contributed by atoms with E-state index >= 15 is 0 Å². The van der Waals surface area contributed by atoms with E-state index in [4.69, 9.17) is 11.6 Å². The van der Waals surface area contributed by atoms with Gasteiger partial charge >= 0.3 is 0 Å². The Balaban J connectivity index is 1.99. The zero-order chi connectivity index (χ0) is 14.2. The number of aromatic nitrogens is 2. The number of sulfone groups is 1. The van der Waals surface area contributed by atoms with Crippen LogP contribution in [0.4, 0.5) is 0 Å². The molecule has 2 rings (SSSR count). The molecule has 8 heteroatoms. The van der Waals surface area contributed by atoms with Gasteiger partial charge in [-0.05, 0) is 19.3 Å². The number of nitrogens with zero attached hydrogens (tertiary/aromatic N) is 2. The van der Waals surface area contributed by atoms with E-state index in [1.165, 1.54) is 4.68 Å². The highest BCUT2D eigenvalue weighted by Gasteiger charge is 2.28. The van der Waals surface area contributed by atoms with Gasteiger partial charge in [0.25, 0.3) is 5.91 Å². The summed E-state index contributed by atoms with van der Waals surface area (Å²) in [5, 5.41) is 7.08. The van der Waals surface area contributed by atoms with Gasteiger partial charge in [-0.3, -0.25) is 9.48 Å². The van der Waals surface area contributed by atoms with Gasteiger partial charge in [0.15, 0.2) is 9.84 Å². The highest BCUT2D eigenvalue weighted by atomic mass is 35.5. The van der Waals surface area contributed by atoms with Gasteiger partial charge in [-0.2, -0.15) is 5.10 Å². The van der Waals surface area contributed by atoms with Crippen molar-refractivity contribution in [2.75, 3.05) is 18.1 Å². The number of aryl methyl sites for hydroxylation is 2. The molecule has 0 radical (unpaired) electrons.